The third-order valence-electron chi connectivity index (χ3n) is 7.68. The summed E-state index contributed by atoms with van der Waals surface area (Å²) in [6.45, 7) is 2.70. The second-order valence-corrected chi connectivity index (χ2v) is 9.70. The van der Waals surface area contributed by atoms with Crippen molar-refractivity contribution in [1.82, 2.24) is 15.2 Å². The Kier molecular flexibility index (Phi) is 8.01. The summed E-state index contributed by atoms with van der Waals surface area (Å²) in [5.74, 6) is 1.11. The zero-order chi connectivity index (χ0) is 25.8. The van der Waals surface area contributed by atoms with E-state index in [0.717, 1.165) is 37.0 Å². The first-order valence-corrected chi connectivity index (χ1v) is 12.8. The van der Waals surface area contributed by atoms with Crippen LogP contribution in [-0.2, 0) is 9.59 Å². The van der Waals surface area contributed by atoms with E-state index in [4.69, 9.17) is 19.7 Å². The summed E-state index contributed by atoms with van der Waals surface area (Å²) in [6, 6.07) is 4.91. The van der Waals surface area contributed by atoms with E-state index in [1.165, 1.54) is 0 Å². The second-order valence-electron chi connectivity index (χ2n) is 9.70. The van der Waals surface area contributed by atoms with Gasteiger partial charge in [-0.3, -0.25) is 9.59 Å². The van der Waals surface area contributed by atoms with Gasteiger partial charge in [0.15, 0.2) is 11.5 Å². The number of hydrazone groups is 1. The van der Waals surface area contributed by atoms with E-state index in [0.29, 0.717) is 43.9 Å². The first-order valence-electron chi connectivity index (χ1n) is 12.8. The molecule has 4 rings (SSSR count). The van der Waals surface area contributed by atoms with E-state index >= 15 is 0 Å². The van der Waals surface area contributed by atoms with E-state index < -0.39 is 12.1 Å². The number of carbonyl (C=O) groups is 3. The SMILES string of the molecule is CC[C@H](NC(=O)O)C(=O)N1CCC(N2N=C(c3ccc(OC)c(OC)c3)[C@H]3CCCC[C@H]3C2=O)CC1. The molecule has 2 fully saturated rings. The number of hydrogen-bond acceptors (Lipinski definition) is 6. The molecular weight excluding hydrogens is 464 g/mol. The fourth-order valence-electron chi connectivity index (χ4n) is 5.73. The van der Waals surface area contributed by atoms with Crippen LogP contribution in [0.5, 0.6) is 11.5 Å². The summed E-state index contributed by atoms with van der Waals surface area (Å²) in [5.41, 5.74) is 1.84. The Balaban J connectivity index is 1.56. The van der Waals surface area contributed by atoms with Gasteiger partial charge in [-0.1, -0.05) is 19.8 Å². The van der Waals surface area contributed by atoms with Gasteiger partial charge in [0, 0.05) is 30.5 Å². The maximum absolute atomic E-state index is 13.6. The number of benzene rings is 1. The lowest BCUT2D eigenvalue weighted by Gasteiger charge is -2.43. The number of carboxylic acid groups (broad SMARTS) is 1. The highest BCUT2D eigenvalue weighted by Gasteiger charge is 2.44. The molecule has 0 unspecified atom stereocenters. The first kappa shape index (κ1) is 25.8. The van der Waals surface area contributed by atoms with Crippen molar-refractivity contribution in [3.05, 3.63) is 23.8 Å². The van der Waals surface area contributed by atoms with E-state index in [-0.39, 0.29) is 29.7 Å². The van der Waals surface area contributed by atoms with E-state index in [9.17, 15) is 14.4 Å². The molecule has 2 N–H and O–H groups in total. The van der Waals surface area contributed by atoms with Crippen molar-refractivity contribution >= 4 is 23.6 Å². The van der Waals surface area contributed by atoms with Crippen LogP contribution in [0.25, 0.3) is 0 Å². The van der Waals surface area contributed by atoms with Crippen LogP contribution in [0, 0.1) is 11.8 Å². The number of carbonyl (C=O) groups excluding carboxylic acids is 2. The lowest BCUT2D eigenvalue weighted by molar-refractivity contribution is -0.143. The fraction of sp³-hybridized carbons (Fsp3) is 0.615. The molecule has 0 radical (unpaired) electrons. The van der Waals surface area contributed by atoms with Gasteiger partial charge in [-0.05, 0) is 50.3 Å². The molecule has 2 heterocycles. The smallest absolute Gasteiger partial charge is 0.405 e. The zero-order valence-corrected chi connectivity index (χ0v) is 21.2. The van der Waals surface area contributed by atoms with Crippen LogP contribution < -0.4 is 14.8 Å². The van der Waals surface area contributed by atoms with Crippen LogP contribution in [0.4, 0.5) is 4.79 Å². The number of methoxy groups -OCH3 is 2. The highest BCUT2D eigenvalue weighted by Crippen LogP contribution is 2.40. The average Bonchev–Trinajstić information content (AvgIpc) is 2.91. The maximum Gasteiger partial charge on any atom is 0.405 e. The molecule has 1 aliphatic carbocycles. The Labute approximate surface area is 211 Å². The monoisotopic (exact) mass is 500 g/mol. The lowest BCUT2D eigenvalue weighted by atomic mass is 9.73. The van der Waals surface area contributed by atoms with Crippen LogP contribution in [0.3, 0.4) is 0 Å². The molecule has 36 heavy (non-hydrogen) atoms. The van der Waals surface area contributed by atoms with Gasteiger partial charge in [-0.15, -0.1) is 0 Å². The Morgan fingerprint density at radius 1 is 1.08 bits per heavy atom. The van der Waals surface area contributed by atoms with E-state index in [1.807, 2.05) is 18.2 Å². The van der Waals surface area contributed by atoms with Gasteiger partial charge in [0.2, 0.25) is 11.8 Å². The van der Waals surface area contributed by atoms with Crippen LogP contribution in [-0.4, -0.2) is 78.0 Å². The number of hydrogen-bond donors (Lipinski definition) is 2. The molecule has 1 saturated carbocycles. The molecular formula is C26H36N4O6. The number of ether oxygens (including phenoxy) is 2. The molecule has 3 aliphatic rings. The number of likely N-dealkylation sites (tertiary alicyclic amines) is 1. The van der Waals surface area contributed by atoms with Gasteiger partial charge in [-0.25, -0.2) is 9.80 Å². The quantitative estimate of drug-likeness (QED) is 0.594. The Morgan fingerprint density at radius 3 is 2.36 bits per heavy atom. The van der Waals surface area contributed by atoms with Gasteiger partial charge in [-0.2, -0.15) is 5.10 Å². The summed E-state index contributed by atoms with van der Waals surface area (Å²) in [6.07, 6.45) is 4.26. The van der Waals surface area contributed by atoms with Crippen molar-refractivity contribution in [3.63, 3.8) is 0 Å². The molecule has 3 atom stereocenters. The minimum Gasteiger partial charge on any atom is -0.493 e. The summed E-state index contributed by atoms with van der Waals surface area (Å²) >= 11 is 0. The van der Waals surface area contributed by atoms with Gasteiger partial charge in [0.25, 0.3) is 0 Å². The molecule has 1 aromatic rings. The normalized spacial score (nSPS) is 23.4. The average molecular weight is 501 g/mol. The molecule has 196 valence electrons. The van der Waals surface area contributed by atoms with Gasteiger partial charge >= 0.3 is 6.09 Å². The Hall–Kier alpha value is -3.30. The largest absolute Gasteiger partial charge is 0.493 e. The topological polar surface area (TPSA) is 121 Å². The van der Waals surface area contributed by atoms with Gasteiger partial charge < -0.3 is 24.8 Å². The number of amides is 3. The number of fused-ring (bicyclic) bond motifs is 1. The standard InChI is InChI=1S/C26H36N4O6/c1-4-20(27-26(33)34)25(32)29-13-11-17(12-14-29)30-24(31)19-8-6-5-7-18(19)23(28-30)16-9-10-21(35-2)22(15-16)36-3/h9-10,15,17-20,27H,4-8,11-14H2,1-3H3,(H,33,34)/t18-,19+,20-/m0/s1. The molecule has 10 heteroatoms. The zero-order valence-electron chi connectivity index (χ0n) is 21.2. The third-order valence-corrected chi connectivity index (χ3v) is 7.68. The van der Waals surface area contributed by atoms with Crippen LogP contribution in [0.15, 0.2) is 23.3 Å². The first-order chi connectivity index (χ1) is 17.4. The third kappa shape index (κ3) is 5.12. The molecule has 10 nitrogen and oxygen atoms in total. The Bertz CT molecular complexity index is 1020. The van der Waals surface area contributed by atoms with Gasteiger partial charge in [0.1, 0.15) is 6.04 Å². The highest BCUT2D eigenvalue weighted by molar-refractivity contribution is 6.07. The molecule has 0 spiro atoms. The highest BCUT2D eigenvalue weighted by atomic mass is 16.5. The summed E-state index contributed by atoms with van der Waals surface area (Å²) in [4.78, 5) is 39.1. The van der Waals surface area contributed by atoms with Crippen molar-refractivity contribution in [2.45, 2.75) is 64.0 Å². The number of nitrogens with zero attached hydrogens (tertiary/aromatic N) is 3. The number of nitrogens with one attached hydrogen (secondary N) is 1. The molecule has 3 amide bonds. The maximum atomic E-state index is 13.6. The Morgan fingerprint density at radius 2 is 1.75 bits per heavy atom. The van der Waals surface area contributed by atoms with Crippen molar-refractivity contribution in [3.8, 4) is 11.5 Å². The van der Waals surface area contributed by atoms with Crippen LogP contribution in [0.1, 0.15) is 57.4 Å². The predicted molar refractivity (Wildman–Crippen MR) is 133 cm³/mol. The summed E-state index contributed by atoms with van der Waals surface area (Å²) in [5, 5.41) is 17.9. The van der Waals surface area contributed by atoms with E-state index in [2.05, 4.69) is 5.32 Å². The minimum absolute atomic E-state index is 0.0766. The van der Waals surface area contributed by atoms with Crippen LogP contribution in [0.2, 0.25) is 0 Å². The molecule has 0 aromatic heterocycles. The molecule has 1 aromatic carbocycles. The fourth-order valence-corrected chi connectivity index (χ4v) is 5.73. The van der Waals surface area contributed by atoms with E-state index in [1.54, 1.807) is 31.1 Å². The van der Waals surface area contributed by atoms with Crippen LogP contribution >= 0.6 is 0 Å². The van der Waals surface area contributed by atoms with Gasteiger partial charge in [0.05, 0.1) is 26.0 Å². The molecule has 0 bridgehead atoms. The summed E-state index contributed by atoms with van der Waals surface area (Å²) < 4.78 is 10.9. The summed E-state index contributed by atoms with van der Waals surface area (Å²) in [7, 11) is 3.21. The number of piperidine rings is 1. The molecule has 2 aliphatic heterocycles. The number of rotatable bonds is 7. The lowest BCUT2D eigenvalue weighted by Crippen LogP contribution is -2.55. The molecule has 1 saturated heterocycles. The van der Waals surface area contributed by atoms with Crippen molar-refractivity contribution in [2.75, 3.05) is 27.3 Å². The van der Waals surface area contributed by atoms with Crippen molar-refractivity contribution < 1.29 is 29.0 Å². The van der Waals surface area contributed by atoms with Crippen molar-refractivity contribution in [2.24, 2.45) is 16.9 Å². The second kappa shape index (κ2) is 11.2. The predicted octanol–water partition coefficient (Wildman–Crippen LogP) is 3.09. The minimum atomic E-state index is -1.21. The van der Waals surface area contributed by atoms with Crippen molar-refractivity contribution in [1.29, 1.82) is 0 Å².